The third-order valence-electron chi connectivity index (χ3n) is 2.86. The molecule has 4 heteroatoms. The predicted molar refractivity (Wildman–Crippen MR) is 66.0 cm³/mol. The van der Waals surface area contributed by atoms with Gasteiger partial charge in [0.15, 0.2) is 0 Å². The highest BCUT2D eigenvalue weighted by atomic mass is 16.4. The number of hydrogen-bond acceptors (Lipinski definition) is 2. The zero-order valence-electron chi connectivity index (χ0n) is 10.7. The highest BCUT2D eigenvalue weighted by Gasteiger charge is 2.06. The second-order valence-electron chi connectivity index (χ2n) is 4.76. The van der Waals surface area contributed by atoms with Crippen LogP contribution in [-0.2, 0) is 9.59 Å². The fourth-order valence-corrected chi connectivity index (χ4v) is 1.88. The molecule has 0 aliphatic rings. The van der Waals surface area contributed by atoms with E-state index in [1.807, 2.05) is 6.92 Å². The minimum Gasteiger partial charge on any atom is -0.481 e. The molecule has 0 spiro atoms. The molecule has 0 aliphatic heterocycles. The Hall–Kier alpha value is -1.06. The van der Waals surface area contributed by atoms with E-state index in [-0.39, 0.29) is 18.8 Å². The van der Waals surface area contributed by atoms with Gasteiger partial charge in [-0.15, -0.1) is 0 Å². The van der Waals surface area contributed by atoms with Crippen molar-refractivity contribution in [3.8, 4) is 0 Å². The van der Waals surface area contributed by atoms with Gasteiger partial charge in [0.25, 0.3) is 0 Å². The summed E-state index contributed by atoms with van der Waals surface area (Å²) in [7, 11) is 0. The second-order valence-corrected chi connectivity index (χ2v) is 4.76. The van der Waals surface area contributed by atoms with Gasteiger partial charge in [-0.1, -0.05) is 45.4 Å². The lowest BCUT2D eigenvalue weighted by Gasteiger charge is -2.07. The summed E-state index contributed by atoms with van der Waals surface area (Å²) in [6.07, 6.45) is 7.67. The first-order valence-electron chi connectivity index (χ1n) is 6.46. The van der Waals surface area contributed by atoms with E-state index in [1.54, 1.807) is 0 Å². The Balaban J connectivity index is 3.18. The molecule has 0 bridgehead atoms. The maximum atomic E-state index is 10.4. The molecule has 0 rings (SSSR count). The van der Waals surface area contributed by atoms with Gasteiger partial charge >= 0.3 is 11.9 Å². The molecule has 0 aliphatic carbocycles. The van der Waals surface area contributed by atoms with Gasteiger partial charge in [0.2, 0.25) is 0 Å². The molecule has 0 aromatic heterocycles. The van der Waals surface area contributed by atoms with E-state index in [0.29, 0.717) is 0 Å². The minimum absolute atomic E-state index is 0.263. The van der Waals surface area contributed by atoms with E-state index in [4.69, 9.17) is 10.2 Å². The SMILES string of the molecule is CC(CCCCCCCCC(=O)O)CC(=O)O. The molecule has 4 nitrogen and oxygen atoms in total. The van der Waals surface area contributed by atoms with Crippen molar-refractivity contribution in [2.45, 2.75) is 64.7 Å². The van der Waals surface area contributed by atoms with Crippen LogP contribution in [0.5, 0.6) is 0 Å². The van der Waals surface area contributed by atoms with Gasteiger partial charge < -0.3 is 10.2 Å². The van der Waals surface area contributed by atoms with Crippen LogP contribution in [0, 0.1) is 5.92 Å². The Bertz CT molecular complexity index is 225. The van der Waals surface area contributed by atoms with Crippen LogP contribution in [0.2, 0.25) is 0 Å². The maximum Gasteiger partial charge on any atom is 0.303 e. The largest absolute Gasteiger partial charge is 0.481 e. The van der Waals surface area contributed by atoms with E-state index < -0.39 is 11.9 Å². The molecule has 17 heavy (non-hydrogen) atoms. The normalized spacial score (nSPS) is 12.3. The lowest BCUT2D eigenvalue weighted by atomic mass is 9.99. The first kappa shape index (κ1) is 15.9. The molecule has 2 N–H and O–H groups in total. The first-order valence-corrected chi connectivity index (χ1v) is 6.46. The minimum atomic E-state index is -0.717. The fourth-order valence-electron chi connectivity index (χ4n) is 1.88. The number of hydrogen-bond donors (Lipinski definition) is 2. The Morgan fingerprint density at radius 1 is 0.882 bits per heavy atom. The average Bonchev–Trinajstić information content (AvgIpc) is 2.20. The van der Waals surface area contributed by atoms with Gasteiger partial charge in [-0.25, -0.2) is 0 Å². The Kier molecular flexibility index (Phi) is 9.49. The highest BCUT2D eigenvalue weighted by molar-refractivity contribution is 5.67. The van der Waals surface area contributed by atoms with Gasteiger partial charge in [-0.05, 0) is 12.3 Å². The molecule has 0 heterocycles. The van der Waals surface area contributed by atoms with Crippen molar-refractivity contribution in [2.75, 3.05) is 0 Å². The zero-order valence-corrected chi connectivity index (χ0v) is 10.7. The summed E-state index contributed by atoms with van der Waals surface area (Å²) < 4.78 is 0. The molecular formula is C13H24O4. The molecule has 1 unspecified atom stereocenters. The van der Waals surface area contributed by atoms with Crippen molar-refractivity contribution in [2.24, 2.45) is 5.92 Å². The van der Waals surface area contributed by atoms with E-state index in [1.165, 1.54) is 0 Å². The van der Waals surface area contributed by atoms with Crippen LogP contribution in [0.3, 0.4) is 0 Å². The molecular weight excluding hydrogens is 220 g/mol. The molecule has 100 valence electrons. The van der Waals surface area contributed by atoms with E-state index >= 15 is 0 Å². The Labute approximate surface area is 103 Å². The predicted octanol–water partition coefficient (Wildman–Crippen LogP) is 3.30. The third-order valence-corrected chi connectivity index (χ3v) is 2.86. The van der Waals surface area contributed by atoms with Crippen LogP contribution in [0.4, 0.5) is 0 Å². The van der Waals surface area contributed by atoms with Crippen LogP contribution in [0.15, 0.2) is 0 Å². The van der Waals surface area contributed by atoms with Crippen molar-refractivity contribution in [3.63, 3.8) is 0 Å². The summed E-state index contributed by atoms with van der Waals surface area (Å²) >= 11 is 0. The highest BCUT2D eigenvalue weighted by Crippen LogP contribution is 2.14. The van der Waals surface area contributed by atoms with Gasteiger partial charge in [0, 0.05) is 12.8 Å². The number of rotatable bonds is 11. The number of carboxylic acids is 2. The van der Waals surface area contributed by atoms with E-state index in [0.717, 1.165) is 44.9 Å². The topological polar surface area (TPSA) is 74.6 Å². The van der Waals surface area contributed by atoms with E-state index in [2.05, 4.69) is 0 Å². The number of aliphatic carboxylic acids is 2. The molecule has 0 saturated carbocycles. The van der Waals surface area contributed by atoms with E-state index in [9.17, 15) is 9.59 Å². The summed E-state index contributed by atoms with van der Waals surface area (Å²) in [5.74, 6) is -1.17. The molecule has 0 saturated heterocycles. The second kappa shape index (κ2) is 10.1. The van der Waals surface area contributed by atoms with Crippen molar-refractivity contribution in [1.82, 2.24) is 0 Å². The lowest BCUT2D eigenvalue weighted by Crippen LogP contribution is -2.03. The van der Waals surface area contributed by atoms with Crippen molar-refractivity contribution in [1.29, 1.82) is 0 Å². The van der Waals surface area contributed by atoms with Crippen molar-refractivity contribution < 1.29 is 19.8 Å². The van der Waals surface area contributed by atoms with Crippen LogP contribution in [0.25, 0.3) is 0 Å². The number of carbonyl (C=O) groups is 2. The first-order chi connectivity index (χ1) is 8.02. The van der Waals surface area contributed by atoms with Crippen molar-refractivity contribution >= 4 is 11.9 Å². The molecule has 0 radical (unpaired) electrons. The molecule has 0 amide bonds. The van der Waals surface area contributed by atoms with Crippen molar-refractivity contribution in [3.05, 3.63) is 0 Å². The van der Waals surface area contributed by atoms with Gasteiger partial charge in [0.1, 0.15) is 0 Å². The van der Waals surface area contributed by atoms with Crippen LogP contribution in [-0.4, -0.2) is 22.2 Å². The zero-order chi connectivity index (χ0) is 13.1. The number of unbranched alkanes of at least 4 members (excludes halogenated alkanes) is 5. The summed E-state index contributed by atoms with van der Waals surface area (Å²) in [6.45, 7) is 1.97. The Morgan fingerprint density at radius 3 is 1.94 bits per heavy atom. The summed E-state index contributed by atoms with van der Waals surface area (Å²) in [6, 6.07) is 0. The monoisotopic (exact) mass is 244 g/mol. The van der Waals surface area contributed by atoms with Gasteiger partial charge in [-0.3, -0.25) is 9.59 Å². The summed E-state index contributed by atoms with van der Waals surface area (Å²) in [5.41, 5.74) is 0. The lowest BCUT2D eigenvalue weighted by molar-refractivity contribution is -0.138. The standard InChI is InChI=1S/C13H24O4/c1-11(10-13(16)17)8-6-4-2-3-5-7-9-12(14)15/h11H,2-10H2,1H3,(H,14,15)(H,16,17). The summed E-state index contributed by atoms with van der Waals surface area (Å²) in [4.78, 5) is 20.7. The molecule has 1 atom stereocenters. The average molecular weight is 244 g/mol. The Morgan fingerprint density at radius 2 is 1.41 bits per heavy atom. The summed E-state index contributed by atoms with van der Waals surface area (Å²) in [5, 5.41) is 17.0. The van der Waals surface area contributed by atoms with Crippen LogP contribution >= 0.6 is 0 Å². The fraction of sp³-hybridized carbons (Fsp3) is 0.846. The quantitative estimate of drug-likeness (QED) is 0.547. The molecule has 0 aromatic carbocycles. The molecule has 0 aromatic rings. The van der Waals surface area contributed by atoms with Crippen LogP contribution < -0.4 is 0 Å². The third kappa shape index (κ3) is 12.9. The van der Waals surface area contributed by atoms with Crippen LogP contribution in [0.1, 0.15) is 64.7 Å². The van der Waals surface area contributed by atoms with Gasteiger partial charge in [-0.2, -0.15) is 0 Å². The maximum absolute atomic E-state index is 10.4. The number of carboxylic acid groups (broad SMARTS) is 2. The van der Waals surface area contributed by atoms with Gasteiger partial charge in [0.05, 0.1) is 0 Å². The molecule has 0 fully saturated rings. The smallest absolute Gasteiger partial charge is 0.303 e.